The molecule has 0 fully saturated rings. The lowest BCUT2D eigenvalue weighted by Crippen LogP contribution is -2.28. The van der Waals surface area contributed by atoms with Crippen molar-refractivity contribution in [1.29, 1.82) is 0 Å². The Labute approximate surface area is 105 Å². The predicted octanol–water partition coefficient (Wildman–Crippen LogP) is 0.698. The molecule has 0 bridgehead atoms. The van der Waals surface area contributed by atoms with E-state index in [1.807, 2.05) is 6.92 Å². The number of likely N-dealkylation sites (N-methyl/N-ethyl adjacent to an activating group) is 1. The number of hydrogen-bond acceptors (Lipinski definition) is 4. The third kappa shape index (κ3) is 4.84. The van der Waals surface area contributed by atoms with E-state index in [1.165, 1.54) is 0 Å². The molecule has 0 saturated heterocycles. The normalized spacial score (nSPS) is 9.83. The Bertz CT molecular complexity index is 420. The summed E-state index contributed by atoms with van der Waals surface area (Å²) in [5, 5.41) is 14.1. The number of nitrogens with one attached hydrogen (secondary N) is 2. The minimum Gasteiger partial charge on any atom is -0.480 e. The molecule has 0 spiro atoms. The van der Waals surface area contributed by atoms with Gasteiger partial charge < -0.3 is 20.5 Å². The van der Waals surface area contributed by atoms with Crippen LogP contribution in [0.1, 0.15) is 6.92 Å². The quantitative estimate of drug-likeness (QED) is 0.664. The van der Waals surface area contributed by atoms with Crippen molar-refractivity contribution in [3.05, 3.63) is 24.3 Å². The van der Waals surface area contributed by atoms with Gasteiger partial charge >= 0.3 is 5.97 Å². The highest BCUT2D eigenvalue weighted by atomic mass is 16.5. The van der Waals surface area contributed by atoms with Crippen LogP contribution in [-0.2, 0) is 9.59 Å². The van der Waals surface area contributed by atoms with Gasteiger partial charge in [0.15, 0.2) is 6.61 Å². The number of carboxylic acid groups (broad SMARTS) is 1. The summed E-state index contributed by atoms with van der Waals surface area (Å²) in [5.41, 5.74) is 0.460. The van der Waals surface area contributed by atoms with Gasteiger partial charge in [-0.15, -0.1) is 0 Å². The SMILES string of the molecule is CCNCC(=O)Nc1ccccc1OCC(=O)O. The van der Waals surface area contributed by atoms with Crippen molar-refractivity contribution in [2.75, 3.05) is 25.0 Å². The first kappa shape index (κ1) is 14.0. The standard InChI is InChI=1S/C12H16N2O4/c1-2-13-7-11(15)14-9-5-3-4-6-10(9)18-8-12(16)17/h3-6,13H,2,7-8H2,1H3,(H,14,15)(H,16,17). The molecule has 1 aromatic carbocycles. The fourth-order valence-corrected chi connectivity index (χ4v) is 1.27. The molecule has 98 valence electrons. The highest BCUT2D eigenvalue weighted by molar-refractivity contribution is 5.93. The van der Waals surface area contributed by atoms with E-state index in [9.17, 15) is 9.59 Å². The maximum Gasteiger partial charge on any atom is 0.341 e. The minimum absolute atomic E-state index is 0.198. The van der Waals surface area contributed by atoms with Crippen molar-refractivity contribution in [1.82, 2.24) is 5.32 Å². The molecule has 0 atom stereocenters. The Balaban J connectivity index is 2.63. The van der Waals surface area contributed by atoms with E-state index in [2.05, 4.69) is 10.6 Å². The zero-order chi connectivity index (χ0) is 13.4. The Kier molecular flexibility index (Phi) is 5.66. The zero-order valence-electron chi connectivity index (χ0n) is 10.1. The molecule has 3 N–H and O–H groups in total. The molecule has 0 heterocycles. The van der Waals surface area contributed by atoms with Gasteiger partial charge in [-0.05, 0) is 18.7 Å². The first-order valence-electron chi connectivity index (χ1n) is 5.57. The van der Waals surface area contributed by atoms with Gasteiger partial charge in [-0.25, -0.2) is 4.79 Å². The first-order chi connectivity index (χ1) is 8.63. The lowest BCUT2D eigenvalue weighted by atomic mass is 10.3. The number of rotatable bonds is 7. The van der Waals surface area contributed by atoms with Crippen molar-refractivity contribution < 1.29 is 19.4 Å². The fourth-order valence-electron chi connectivity index (χ4n) is 1.27. The minimum atomic E-state index is -1.07. The van der Waals surface area contributed by atoms with Crippen LogP contribution in [0.5, 0.6) is 5.75 Å². The smallest absolute Gasteiger partial charge is 0.341 e. The molecule has 0 aliphatic carbocycles. The van der Waals surface area contributed by atoms with Crippen LogP contribution in [0.4, 0.5) is 5.69 Å². The van der Waals surface area contributed by atoms with Crippen LogP contribution >= 0.6 is 0 Å². The van der Waals surface area contributed by atoms with Crippen LogP contribution in [-0.4, -0.2) is 36.7 Å². The summed E-state index contributed by atoms with van der Waals surface area (Å²) in [6.45, 7) is 2.35. The van der Waals surface area contributed by atoms with Crippen molar-refractivity contribution in [3.8, 4) is 5.75 Å². The molecule has 18 heavy (non-hydrogen) atoms. The molecule has 0 aromatic heterocycles. The van der Waals surface area contributed by atoms with Gasteiger partial charge in [-0.1, -0.05) is 19.1 Å². The van der Waals surface area contributed by atoms with Crippen molar-refractivity contribution in [3.63, 3.8) is 0 Å². The van der Waals surface area contributed by atoms with Crippen molar-refractivity contribution in [2.24, 2.45) is 0 Å². The number of amides is 1. The monoisotopic (exact) mass is 252 g/mol. The molecule has 0 radical (unpaired) electrons. The number of ether oxygens (including phenoxy) is 1. The van der Waals surface area contributed by atoms with E-state index in [4.69, 9.17) is 9.84 Å². The van der Waals surface area contributed by atoms with Gasteiger partial charge in [0.2, 0.25) is 5.91 Å². The fraction of sp³-hybridized carbons (Fsp3) is 0.333. The van der Waals surface area contributed by atoms with E-state index < -0.39 is 12.6 Å². The van der Waals surface area contributed by atoms with Crippen molar-refractivity contribution in [2.45, 2.75) is 6.92 Å². The molecular formula is C12H16N2O4. The van der Waals surface area contributed by atoms with Crippen LogP contribution in [0.25, 0.3) is 0 Å². The van der Waals surface area contributed by atoms with Gasteiger partial charge in [0.25, 0.3) is 0 Å². The Morgan fingerprint density at radius 2 is 2.06 bits per heavy atom. The number of hydrogen-bond donors (Lipinski definition) is 3. The first-order valence-corrected chi connectivity index (χ1v) is 5.57. The summed E-state index contributed by atoms with van der Waals surface area (Å²) < 4.78 is 5.07. The molecule has 0 unspecified atom stereocenters. The van der Waals surface area contributed by atoms with Crippen LogP contribution < -0.4 is 15.4 Å². The molecule has 0 aliphatic rings. The van der Waals surface area contributed by atoms with Gasteiger partial charge in [0.1, 0.15) is 5.75 Å². The number of benzene rings is 1. The summed E-state index contributed by atoms with van der Waals surface area (Å²) in [5.74, 6) is -0.934. The van der Waals surface area contributed by atoms with Gasteiger partial charge in [0, 0.05) is 0 Å². The summed E-state index contributed by atoms with van der Waals surface area (Å²) in [7, 11) is 0. The molecule has 1 amide bonds. The molecule has 1 aromatic rings. The van der Waals surface area contributed by atoms with E-state index in [0.717, 1.165) is 0 Å². The summed E-state index contributed by atoms with van der Waals surface area (Å²) in [6, 6.07) is 6.69. The molecule has 0 saturated carbocycles. The summed E-state index contributed by atoms with van der Waals surface area (Å²) >= 11 is 0. The van der Waals surface area contributed by atoms with Gasteiger partial charge in [-0.3, -0.25) is 4.79 Å². The van der Waals surface area contributed by atoms with Crippen LogP contribution in [0, 0.1) is 0 Å². The molecule has 1 rings (SSSR count). The highest BCUT2D eigenvalue weighted by Crippen LogP contribution is 2.23. The number of carbonyl (C=O) groups excluding carboxylic acids is 1. The van der Waals surface area contributed by atoms with Crippen LogP contribution in [0.3, 0.4) is 0 Å². The topological polar surface area (TPSA) is 87.7 Å². The average molecular weight is 252 g/mol. The summed E-state index contributed by atoms with van der Waals surface area (Å²) in [4.78, 5) is 21.9. The molecule has 6 nitrogen and oxygen atoms in total. The largest absolute Gasteiger partial charge is 0.480 e. The van der Waals surface area contributed by atoms with Crippen LogP contribution in [0.15, 0.2) is 24.3 Å². The van der Waals surface area contributed by atoms with E-state index in [-0.39, 0.29) is 12.5 Å². The van der Waals surface area contributed by atoms with Crippen LogP contribution in [0.2, 0.25) is 0 Å². The van der Waals surface area contributed by atoms with Gasteiger partial charge in [-0.2, -0.15) is 0 Å². The second kappa shape index (κ2) is 7.29. The maximum atomic E-state index is 11.5. The third-order valence-corrected chi connectivity index (χ3v) is 2.05. The lowest BCUT2D eigenvalue weighted by molar-refractivity contribution is -0.139. The number of carboxylic acids is 1. The number of anilines is 1. The third-order valence-electron chi connectivity index (χ3n) is 2.05. The Morgan fingerprint density at radius 1 is 1.33 bits per heavy atom. The van der Waals surface area contributed by atoms with Crippen molar-refractivity contribution >= 4 is 17.6 Å². The number of aliphatic carboxylic acids is 1. The second-order valence-electron chi connectivity index (χ2n) is 3.51. The van der Waals surface area contributed by atoms with E-state index in [1.54, 1.807) is 24.3 Å². The highest BCUT2D eigenvalue weighted by Gasteiger charge is 2.08. The Morgan fingerprint density at radius 3 is 2.72 bits per heavy atom. The molecule has 0 aliphatic heterocycles. The zero-order valence-corrected chi connectivity index (χ0v) is 10.1. The van der Waals surface area contributed by atoms with Gasteiger partial charge in [0.05, 0.1) is 12.2 Å². The van der Waals surface area contributed by atoms with E-state index >= 15 is 0 Å². The average Bonchev–Trinajstić information content (AvgIpc) is 2.35. The maximum absolute atomic E-state index is 11.5. The predicted molar refractivity (Wildman–Crippen MR) is 66.7 cm³/mol. The van der Waals surface area contributed by atoms with E-state index in [0.29, 0.717) is 18.0 Å². The number of para-hydroxylation sites is 2. The molecule has 6 heteroatoms. The summed E-state index contributed by atoms with van der Waals surface area (Å²) in [6.07, 6.45) is 0. The number of carbonyl (C=O) groups is 2. The Hall–Kier alpha value is -2.08. The lowest BCUT2D eigenvalue weighted by Gasteiger charge is -2.11. The molecular weight excluding hydrogens is 236 g/mol. The second-order valence-corrected chi connectivity index (χ2v) is 3.51.